The SMILES string of the molecule is CCCN(CC1CCCCCN1)CC(F)(F)F. The van der Waals surface area contributed by atoms with E-state index < -0.39 is 12.7 Å². The summed E-state index contributed by atoms with van der Waals surface area (Å²) in [5, 5.41) is 3.35. The third-order valence-corrected chi connectivity index (χ3v) is 3.08. The van der Waals surface area contributed by atoms with Gasteiger partial charge in [0.2, 0.25) is 0 Å². The molecule has 0 aromatic carbocycles. The van der Waals surface area contributed by atoms with Crippen molar-refractivity contribution in [2.24, 2.45) is 0 Å². The van der Waals surface area contributed by atoms with Gasteiger partial charge >= 0.3 is 6.18 Å². The maximum Gasteiger partial charge on any atom is 0.401 e. The van der Waals surface area contributed by atoms with E-state index >= 15 is 0 Å². The number of alkyl halides is 3. The van der Waals surface area contributed by atoms with E-state index in [1.807, 2.05) is 6.92 Å². The van der Waals surface area contributed by atoms with E-state index in [4.69, 9.17) is 0 Å². The minimum absolute atomic E-state index is 0.228. The van der Waals surface area contributed by atoms with Crippen LogP contribution >= 0.6 is 0 Å². The number of halogens is 3. The molecule has 1 N–H and O–H groups in total. The maximum atomic E-state index is 12.4. The Labute approximate surface area is 102 Å². The van der Waals surface area contributed by atoms with Crippen LogP contribution < -0.4 is 5.32 Å². The van der Waals surface area contributed by atoms with E-state index in [9.17, 15) is 13.2 Å². The maximum absolute atomic E-state index is 12.4. The molecule has 1 aliphatic heterocycles. The van der Waals surface area contributed by atoms with Gasteiger partial charge in [-0.2, -0.15) is 13.2 Å². The highest BCUT2D eigenvalue weighted by atomic mass is 19.4. The molecule has 1 rings (SSSR count). The number of nitrogens with one attached hydrogen (secondary N) is 1. The van der Waals surface area contributed by atoms with E-state index in [1.54, 1.807) is 0 Å². The molecular formula is C12H23F3N2. The van der Waals surface area contributed by atoms with Gasteiger partial charge in [0.25, 0.3) is 0 Å². The molecule has 1 aliphatic rings. The summed E-state index contributed by atoms with van der Waals surface area (Å²) in [7, 11) is 0. The van der Waals surface area contributed by atoms with E-state index in [0.29, 0.717) is 13.1 Å². The van der Waals surface area contributed by atoms with Gasteiger partial charge in [0.05, 0.1) is 6.54 Å². The minimum atomic E-state index is -4.08. The highest BCUT2D eigenvalue weighted by Gasteiger charge is 2.31. The summed E-state index contributed by atoms with van der Waals surface area (Å²) in [5.74, 6) is 0. The Morgan fingerprint density at radius 2 is 2.00 bits per heavy atom. The molecule has 1 unspecified atom stereocenters. The molecule has 2 nitrogen and oxygen atoms in total. The average molecular weight is 252 g/mol. The van der Waals surface area contributed by atoms with Gasteiger partial charge in [0.15, 0.2) is 0 Å². The molecule has 0 aromatic heterocycles. The molecule has 0 aromatic rings. The van der Waals surface area contributed by atoms with E-state index in [2.05, 4.69) is 5.32 Å². The molecule has 102 valence electrons. The Kier molecular flexibility index (Phi) is 6.27. The predicted molar refractivity (Wildman–Crippen MR) is 63.0 cm³/mol. The summed E-state index contributed by atoms with van der Waals surface area (Å²) in [5.41, 5.74) is 0. The van der Waals surface area contributed by atoms with E-state index in [0.717, 1.165) is 32.2 Å². The second-order valence-corrected chi connectivity index (χ2v) is 4.85. The number of hydrogen-bond acceptors (Lipinski definition) is 2. The lowest BCUT2D eigenvalue weighted by Crippen LogP contribution is -2.44. The Bertz CT molecular complexity index is 198. The molecule has 0 radical (unpaired) electrons. The summed E-state index contributed by atoms with van der Waals surface area (Å²) in [4.78, 5) is 1.53. The lowest BCUT2D eigenvalue weighted by Gasteiger charge is -2.27. The van der Waals surface area contributed by atoms with Crippen molar-refractivity contribution in [2.45, 2.75) is 51.2 Å². The molecule has 0 aliphatic carbocycles. The zero-order valence-electron chi connectivity index (χ0n) is 10.5. The van der Waals surface area contributed by atoms with Crippen molar-refractivity contribution in [1.82, 2.24) is 10.2 Å². The molecular weight excluding hydrogens is 229 g/mol. The summed E-state index contributed by atoms with van der Waals surface area (Å²) in [6, 6.07) is 0.228. The molecule has 1 atom stereocenters. The van der Waals surface area contributed by atoms with Crippen molar-refractivity contribution in [2.75, 3.05) is 26.2 Å². The summed E-state index contributed by atoms with van der Waals surface area (Å²) in [6.45, 7) is 3.13. The van der Waals surface area contributed by atoms with Crippen LogP contribution in [0.5, 0.6) is 0 Å². The largest absolute Gasteiger partial charge is 0.401 e. The zero-order valence-corrected chi connectivity index (χ0v) is 10.5. The first-order valence-electron chi connectivity index (χ1n) is 6.54. The van der Waals surface area contributed by atoms with Gasteiger partial charge in [0, 0.05) is 12.6 Å². The quantitative estimate of drug-likeness (QED) is 0.809. The first-order valence-corrected chi connectivity index (χ1v) is 6.54. The molecule has 1 saturated heterocycles. The van der Waals surface area contributed by atoms with Crippen LogP contribution in [0.1, 0.15) is 39.0 Å². The molecule has 0 bridgehead atoms. The summed E-state index contributed by atoms with van der Waals surface area (Å²) in [6.07, 6.45) is 1.14. The topological polar surface area (TPSA) is 15.3 Å². The van der Waals surface area contributed by atoms with E-state index in [1.165, 1.54) is 11.3 Å². The first-order chi connectivity index (χ1) is 8.01. The molecule has 0 spiro atoms. The minimum Gasteiger partial charge on any atom is -0.313 e. The van der Waals surface area contributed by atoms with E-state index in [-0.39, 0.29) is 6.04 Å². The molecule has 5 heteroatoms. The summed E-state index contributed by atoms with van der Waals surface area (Å²) >= 11 is 0. The van der Waals surface area contributed by atoms with Crippen LogP contribution in [0.15, 0.2) is 0 Å². The average Bonchev–Trinajstić information content (AvgIpc) is 2.44. The highest BCUT2D eigenvalue weighted by Crippen LogP contribution is 2.18. The Morgan fingerprint density at radius 3 is 2.65 bits per heavy atom. The Morgan fingerprint density at radius 1 is 1.24 bits per heavy atom. The van der Waals surface area contributed by atoms with Gasteiger partial charge in [0.1, 0.15) is 0 Å². The van der Waals surface area contributed by atoms with Crippen LogP contribution in [0.4, 0.5) is 13.2 Å². The van der Waals surface area contributed by atoms with Crippen molar-refractivity contribution >= 4 is 0 Å². The Hall–Kier alpha value is -0.290. The third-order valence-electron chi connectivity index (χ3n) is 3.08. The lowest BCUT2D eigenvalue weighted by atomic mass is 10.1. The zero-order chi connectivity index (χ0) is 12.7. The second-order valence-electron chi connectivity index (χ2n) is 4.85. The monoisotopic (exact) mass is 252 g/mol. The van der Waals surface area contributed by atoms with Gasteiger partial charge in [-0.05, 0) is 32.4 Å². The highest BCUT2D eigenvalue weighted by molar-refractivity contribution is 4.76. The fraction of sp³-hybridized carbons (Fsp3) is 1.00. The van der Waals surface area contributed by atoms with Crippen molar-refractivity contribution in [3.63, 3.8) is 0 Å². The van der Waals surface area contributed by atoms with Gasteiger partial charge in [-0.1, -0.05) is 19.8 Å². The molecule has 0 amide bonds. The third kappa shape index (κ3) is 6.88. The molecule has 1 fully saturated rings. The smallest absolute Gasteiger partial charge is 0.313 e. The van der Waals surface area contributed by atoms with Gasteiger partial charge in [-0.15, -0.1) is 0 Å². The molecule has 0 saturated carbocycles. The predicted octanol–water partition coefficient (Wildman–Crippen LogP) is 2.79. The van der Waals surface area contributed by atoms with Crippen LogP contribution in [0, 0.1) is 0 Å². The molecule has 17 heavy (non-hydrogen) atoms. The number of nitrogens with zero attached hydrogens (tertiary/aromatic N) is 1. The van der Waals surface area contributed by atoms with Gasteiger partial charge in [-0.25, -0.2) is 0 Å². The fourth-order valence-corrected chi connectivity index (χ4v) is 2.37. The standard InChI is InChI=1S/C12H23F3N2/c1-2-8-17(10-12(13,14)15)9-11-6-4-3-5-7-16-11/h11,16H,2-10H2,1H3. The summed E-state index contributed by atoms with van der Waals surface area (Å²) < 4.78 is 37.2. The van der Waals surface area contributed by atoms with Crippen molar-refractivity contribution in [3.05, 3.63) is 0 Å². The van der Waals surface area contributed by atoms with Crippen LogP contribution in [-0.4, -0.2) is 43.3 Å². The Balaban J connectivity index is 2.41. The van der Waals surface area contributed by atoms with Crippen molar-refractivity contribution in [1.29, 1.82) is 0 Å². The molecule has 1 heterocycles. The van der Waals surface area contributed by atoms with Crippen LogP contribution in [0.25, 0.3) is 0 Å². The van der Waals surface area contributed by atoms with Gasteiger partial charge < -0.3 is 5.32 Å². The second kappa shape index (κ2) is 7.21. The van der Waals surface area contributed by atoms with Crippen LogP contribution in [0.2, 0.25) is 0 Å². The number of rotatable bonds is 5. The first kappa shape index (κ1) is 14.8. The van der Waals surface area contributed by atoms with Crippen LogP contribution in [-0.2, 0) is 0 Å². The lowest BCUT2D eigenvalue weighted by molar-refractivity contribution is -0.146. The fourth-order valence-electron chi connectivity index (χ4n) is 2.37. The van der Waals surface area contributed by atoms with Crippen molar-refractivity contribution < 1.29 is 13.2 Å². The van der Waals surface area contributed by atoms with Gasteiger partial charge in [-0.3, -0.25) is 4.90 Å². The normalized spacial score (nSPS) is 22.8. The van der Waals surface area contributed by atoms with Crippen molar-refractivity contribution in [3.8, 4) is 0 Å². The van der Waals surface area contributed by atoms with Crippen LogP contribution in [0.3, 0.4) is 0 Å². The number of hydrogen-bond donors (Lipinski definition) is 1.